The smallest absolute Gasteiger partial charge is 0.352 e. The SMILES string of the molecule is CCC(C(=O)NC1CCCCC1)N(Cc1ccccc1Cl)C(=O)CN(c1ccc(Cl)c(C(F)(F)F)c1)S(=O)(=O)c1ccc(C)cc1. The summed E-state index contributed by atoms with van der Waals surface area (Å²) in [6.45, 7) is 2.45. The molecule has 1 unspecified atom stereocenters. The van der Waals surface area contributed by atoms with Crippen molar-refractivity contribution in [3.05, 3.63) is 93.5 Å². The molecule has 0 heterocycles. The zero-order chi connectivity index (χ0) is 33.6. The summed E-state index contributed by atoms with van der Waals surface area (Å²) in [5.41, 5.74) is -0.397. The highest BCUT2D eigenvalue weighted by Crippen LogP contribution is 2.38. The number of carbonyl (C=O) groups excluding carboxylic acids is 2. The molecule has 4 rings (SSSR count). The lowest BCUT2D eigenvalue weighted by atomic mass is 9.95. The highest BCUT2D eigenvalue weighted by molar-refractivity contribution is 7.92. The minimum Gasteiger partial charge on any atom is -0.352 e. The maximum Gasteiger partial charge on any atom is 0.417 e. The van der Waals surface area contributed by atoms with Crippen LogP contribution in [0.4, 0.5) is 18.9 Å². The number of nitrogens with one attached hydrogen (secondary N) is 1. The van der Waals surface area contributed by atoms with E-state index in [2.05, 4.69) is 5.32 Å². The van der Waals surface area contributed by atoms with E-state index >= 15 is 0 Å². The van der Waals surface area contributed by atoms with Gasteiger partial charge in [-0.2, -0.15) is 13.2 Å². The third-order valence-electron chi connectivity index (χ3n) is 8.07. The number of carbonyl (C=O) groups is 2. The number of anilines is 1. The van der Waals surface area contributed by atoms with E-state index in [1.165, 1.54) is 17.0 Å². The minimum atomic E-state index is -4.89. The molecule has 1 atom stereocenters. The van der Waals surface area contributed by atoms with Crippen molar-refractivity contribution in [2.24, 2.45) is 0 Å². The summed E-state index contributed by atoms with van der Waals surface area (Å²) in [6, 6.07) is 14.1. The minimum absolute atomic E-state index is 0.0548. The maximum atomic E-state index is 14.3. The maximum absolute atomic E-state index is 14.3. The summed E-state index contributed by atoms with van der Waals surface area (Å²) in [5, 5.41) is 2.75. The summed E-state index contributed by atoms with van der Waals surface area (Å²) in [5.74, 6) is -1.20. The van der Waals surface area contributed by atoms with Crippen LogP contribution in [0.1, 0.15) is 62.1 Å². The van der Waals surface area contributed by atoms with Gasteiger partial charge in [-0.05, 0) is 68.1 Å². The summed E-state index contributed by atoms with van der Waals surface area (Å²) in [4.78, 5) is 28.9. The Morgan fingerprint density at radius 3 is 2.22 bits per heavy atom. The van der Waals surface area contributed by atoms with Crippen LogP contribution in [0.25, 0.3) is 0 Å². The zero-order valence-corrected chi connectivity index (χ0v) is 27.8. The second-order valence-electron chi connectivity index (χ2n) is 11.4. The van der Waals surface area contributed by atoms with Crippen LogP contribution in [0.5, 0.6) is 0 Å². The van der Waals surface area contributed by atoms with Crippen molar-refractivity contribution in [3.8, 4) is 0 Å². The molecule has 248 valence electrons. The molecule has 0 radical (unpaired) electrons. The van der Waals surface area contributed by atoms with Crippen LogP contribution < -0.4 is 9.62 Å². The fraction of sp³-hybridized carbons (Fsp3) is 0.394. The number of halogens is 5. The van der Waals surface area contributed by atoms with Gasteiger partial charge in [0, 0.05) is 17.6 Å². The molecule has 1 fully saturated rings. The average molecular weight is 699 g/mol. The van der Waals surface area contributed by atoms with Crippen molar-refractivity contribution in [1.82, 2.24) is 10.2 Å². The molecule has 1 saturated carbocycles. The number of aryl methyl sites for hydroxylation is 1. The molecule has 13 heteroatoms. The summed E-state index contributed by atoms with van der Waals surface area (Å²) in [7, 11) is -4.58. The number of nitrogens with zero attached hydrogens (tertiary/aromatic N) is 2. The molecule has 7 nitrogen and oxygen atoms in total. The predicted molar refractivity (Wildman–Crippen MR) is 173 cm³/mol. The van der Waals surface area contributed by atoms with E-state index in [1.54, 1.807) is 50.2 Å². The number of rotatable bonds is 11. The lowest BCUT2D eigenvalue weighted by molar-refractivity contribution is -0.140. The van der Waals surface area contributed by atoms with Crippen molar-refractivity contribution in [3.63, 3.8) is 0 Å². The van der Waals surface area contributed by atoms with E-state index in [4.69, 9.17) is 23.2 Å². The molecule has 0 aliphatic heterocycles. The van der Waals surface area contributed by atoms with Gasteiger partial charge in [0.2, 0.25) is 11.8 Å². The lowest BCUT2D eigenvalue weighted by Crippen LogP contribution is -2.54. The summed E-state index contributed by atoms with van der Waals surface area (Å²) >= 11 is 12.3. The molecule has 1 aliphatic carbocycles. The zero-order valence-electron chi connectivity index (χ0n) is 25.5. The molecular formula is C33H36Cl2F3N3O4S. The van der Waals surface area contributed by atoms with Gasteiger partial charge in [-0.1, -0.05) is 85.3 Å². The monoisotopic (exact) mass is 697 g/mol. The van der Waals surface area contributed by atoms with Gasteiger partial charge in [-0.3, -0.25) is 13.9 Å². The Labute approximate surface area is 277 Å². The van der Waals surface area contributed by atoms with Crippen molar-refractivity contribution >= 4 is 50.7 Å². The Morgan fingerprint density at radius 2 is 1.61 bits per heavy atom. The second kappa shape index (κ2) is 15.1. The van der Waals surface area contributed by atoms with Gasteiger partial charge in [-0.15, -0.1) is 0 Å². The van der Waals surface area contributed by atoms with E-state index in [0.717, 1.165) is 49.8 Å². The Hall–Kier alpha value is -3.28. The number of hydrogen-bond acceptors (Lipinski definition) is 4. The van der Waals surface area contributed by atoms with E-state index < -0.39 is 56.9 Å². The van der Waals surface area contributed by atoms with Gasteiger partial charge in [-0.25, -0.2) is 8.42 Å². The Balaban J connectivity index is 1.78. The normalized spacial score (nSPS) is 14.8. The highest BCUT2D eigenvalue weighted by Gasteiger charge is 2.37. The van der Waals surface area contributed by atoms with Crippen molar-refractivity contribution < 1.29 is 31.2 Å². The highest BCUT2D eigenvalue weighted by atomic mass is 35.5. The van der Waals surface area contributed by atoms with Gasteiger partial charge in [0.05, 0.1) is 21.2 Å². The van der Waals surface area contributed by atoms with E-state index in [-0.39, 0.29) is 23.9 Å². The van der Waals surface area contributed by atoms with Gasteiger partial charge in [0.1, 0.15) is 12.6 Å². The van der Waals surface area contributed by atoms with Crippen molar-refractivity contribution in [1.29, 1.82) is 0 Å². The van der Waals surface area contributed by atoms with Crippen LogP contribution in [0.15, 0.2) is 71.6 Å². The molecule has 1 N–H and O–H groups in total. The molecule has 0 saturated heterocycles. The first-order valence-corrected chi connectivity index (χ1v) is 17.2. The summed E-state index contributed by atoms with van der Waals surface area (Å²) in [6.07, 6.45) is -0.0708. The van der Waals surface area contributed by atoms with Crippen molar-refractivity contribution in [2.75, 3.05) is 10.8 Å². The van der Waals surface area contributed by atoms with Gasteiger partial charge in [0.25, 0.3) is 10.0 Å². The molecule has 0 bridgehead atoms. The number of amides is 2. The molecule has 3 aromatic rings. The Morgan fingerprint density at radius 1 is 0.957 bits per heavy atom. The van der Waals surface area contributed by atoms with Crippen LogP contribution in [0.2, 0.25) is 10.0 Å². The molecule has 46 heavy (non-hydrogen) atoms. The lowest BCUT2D eigenvalue weighted by Gasteiger charge is -2.34. The number of sulfonamides is 1. The van der Waals surface area contributed by atoms with Gasteiger partial charge < -0.3 is 10.2 Å². The topological polar surface area (TPSA) is 86.8 Å². The average Bonchev–Trinajstić information content (AvgIpc) is 3.01. The Bertz CT molecular complexity index is 1650. The van der Waals surface area contributed by atoms with Crippen molar-refractivity contribution in [2.45, 2.75) is 82.1 Å². The molecule has 3 aromatic carbocycles. The molecule has 0 aromatic heterocycles. The van der Waals surface area contributed by atoms with Crippen LogP contribution in [0, 0.1) is 6.92 Å². The Kier molecular flexibility index (Phi) is 11.7. The molecule has 2 amide bonds. The largest absolute Gasteiger partial charge is 0.417 e. The fourth-order valence-corrected chi connectivity index (χ4v) is 7.35. The molecule has 0 spiro atoms. The first kappa shape index (κ1) is 35.6. The predicted octanol–water partition coefficient (Wildman–Crippen LogP) is 7.77. The van der Waals surface area contributed by atoms with Crippen LogP contribution in [-0.2, 0) is 32.3 Å². The standard InChI is InChI=1S/C33H36Cl2F3N3O4S/c1-3-30(32(43)39-24-10-5-4-6-11-24)40(20-23-9-7-8-12-28(23)34)31(42)21-41(46(44,45)26-16-13-22(2)14-17-26)25-15-18-29(35)27(19-25)33(36,37)38/h7-9,12-19,24,30H,3-6,10-11,20-21H2,1-2H3,(H,39,43). The molecule has 1 aliphatic rings. The van der Waals surface area contributed by atoms with E-state index in [1.807, 2.05) is 0 Å². The number of benzene rings is 3. The quantitative estimate of drug-likeness (QED) is 0.222. The third kappa shape index (κ3) is 8.54. The first-order valence-electron chi connectivity index (χ1n) is 15.0. The van der Waals surface area contributed by atoms with E-state index in [9.17, 15) is 31.2 Å². The van der Waals surface area contributed by atoms with Crippen LogP contribution in [0.3, 0.4) is 0 Å². The summed E-state index contributed by atoms with van der Waals surface area (Å²) < 4.78 is 70.3. The van der Waals surface area contributed by atoms with Gasteiger partial charge >= 0.3 is 6.18 Å². The first-order chi connectivity index (χ1) is 21.7. The van der Waals surface area contributed by atoms with Gasteiger partial charge in [0.15, 0.2) is 0 Å². The molecular weight excluding hydrogens is 662 g/mol. The van der Waals surface area contributed by atoms with Crippen LogP contribution >= 0.6 is 23.2 Å². The van der Waals surface area contributed by atoms with Crippen LogP contribution in [-0.4, -0.2) is 43.8 Å². The van der Waals surface area contributed by atoms with E-state index in [0.29, 0.717) is 21.0 Å². The third-order valence-corrected chi connectivity index (χ3v) is 10.6. The number of alkyl halides is 3. The second-order valence-corrected chi connectivity index (χ2v) is 14.0. The number of hydrogen-bond donors (Lipinski definition) is 1. The fourth-order valence-electron chi connectivity index (χ4n) is 5.53.